The molecule has 2 aromatic rings. The van der Waals surface area contributed by atoms with Gasteiger partial charge in [0.15, 0.2) is 5.82 Å². The third-order valence-electron chi connectivity index (χ3n) is 3.75. The molecular weight excluding hydrogens is 245 g/mol. The maximum absolute atomic E-state index is 13.4. The maximum atomic E-state index is 13.4. The molecule has 1 saturated carbocycles. The summed E-state index contributed by atoms with van der Waals surface area (Å²) in [5, 5.41) is 4.02. The van der Waals surface area contributed by atoms with Crippen LogP contribution in [0.1, 0.15) is 37.9 Å². The van der Waals surface area contributed by atoms with Crippen LogP contribution in [0.4, 0.5) is 10.1 Å². The highest BCUT2D eigenvalue weighted by Gasteiger charge is 2.27. The monoisotopic (exact) mass is 261 g/mol. The standard InChI is InChI=1S/C14H16FN3O/c1-8-2-3-9(6-8)13-17-14(19-18-13)10-4-5-12(16)11(15)7-10/h4-5,7-9H,2-3,6,16H2,1H3. The van der Waals surface area contributed by atoms with Crippen LogP contribution < -0.4 is 5.73 Å². The summed E-state index contributed by atoms with van der Waals surface area (Å²) in [4.78, 5) is 4.38. The van der Waals surface area contributed by atoms with Crippen LogP contribution in [-0.4, -0.2) is 10.1 Å². The molecule has 1 aliphatic rings. The first-order chi connectivity index (χ1) is 9.13. The van der Waals surface area contributed by atoms with Crippen LogP contribution in [0.25, 0.3) is 11.5 Å². The van der Waals surface area contributed by atoms with Crippen molar-refractivity contribution < 1.29 is 8.91 Å². The Kier molecular flexibility index (Phi) is 2.97. The van der Waals surface area contributed by atoms with Gasteiger partial charge in [0.05, 0.1) is 5.69 Å². The number of hydrogen-bond donors (Lipinski definition) is 1. The zero-order chi connectivity index (χ0) is 13.4. The van der Waals surface area contributed by atoms with Crippen molar-refractivity contribution in [3.63, 3.8) is 0 Å². The molecule has 5 heteroatoms. The highest BCUT2D eigenvalue weighted by atomic mass is 19.1. The van der Waals surface area contributed by atoms with Crippen molar-refractivity contribution >= 4 is 5.69 Å². The lowest BCUT2D eigenvalue weighted by atomic mass is 10.1. The van der Waals surface area contributed by atoms with Gasteiger partial charge in [0.1, 0.15) is 5.82 Å². The number of rotatable bonds is 2. The average molecular weight is 261 g/mol. The number of benzene rings is 1. The lowest BCUT2D eigenvalue weighted by Gasteiger charge is -2.01. The average Bonchev–Trinajstić information content (AvgIpc) is 3.01. The Hall–Kier alpha value is -1.91. The molecule has 0 amide bonds. The van der Waals surface area contributed by atoms with Gasteiger partial charge in [-0.25, -0.2) is 4.39 Å². The quantitative estimate of drug-likeness (QED) is 0.842. The van der Waals surface area contributed by atoms with Gasteiger partial charge in [0.25, 0.3) is 5.89 Å². The minimum Gasteiger partial charge on any atom is -0.396 e. The number of nitrogens with zero attached hydrogens (tertiary/aromatic N) is 2. The topological polar surface area (TPSA) is 64.9 Å². The highest BCUT2D eigenvalue weighted by molar-refractivity contribution is 5.57. The van der Waals surface area contributed by atoms with E-state index in [4.69, 9.17) is 10.3 Å². The van der Waals surface area contributed by atoms with E-state index in [1.165, 1.54) is 18.6 Å². The molecule has 0 bridgehead atoms. The number of hydrogen-bond acceptors (Lipinski definition) is 4. The summed E-state index contributed by atoms with van der Waals surface area (Å²) in [6, 6.07) is 4.52. The number of nitrogen functional groups attached to an aromatic ring is 1. The van der Waals surface area contributed by atoms with E-state index in [9.17, 15) is 4.39 Å². The van der Waals surface area contributed by atoms with Gasteiger partial charge < -0.3 is 10.3 Å². The molecule has 4 nitrogen and oxygen atoms in total. The minimum absolute atomic E-state index is 0.119. The van der Waals surface area contributed by atoms with Crippen molar-refractivity contribution in [2.75, 3.05) is 5.73 Å². The Morgan fingerprint density at radius 1 is 1.37 bits per heavy atom. The normalized spacial score (nSPS) is 22.8. The fourth-order valence-corrected chi connectivity index (χ4v) is 2.62. The van der Waals surface area contributed by atoms with Crippen molar-refractivity contribution in [2.24, 2.45) is 5.92 Å². The lowest BCUT2D eigenvalue weighted by molar-refractivity contribution is 0.414. The predicted molar refractivity (Wildman–Crippen MR) is 69.9 cm³/mol. The lowest BCUT2D eigenvalue weighted by Crippen LogP contribution is -1.96. The molecule has 1 heterocycles. The molecule has 0 saturated heterocycles. The van der Waals surface area contributed by atoms with Gasteiger partial charge in [0, 0.05) is 11.5 Å². The van der Waals surface area contributed by atoms with Crippen molar-refractivity contribution in [1.82, 2.24) is 10.1 Å². The van der Waals surface area contributed by atoms with Gasteiger partial charge in [-0.1, -0.05) is 12.1 Å². The van der Waals surface area contributed by atoms with Gasteiger partial charge in [0.2, 0.25) is 0 Å². The van der Waals surface area contributed by atoms with E-state index >= 15 is 0 Å². The second-order valence-electron chi connectivity index (χ2n) is 5.31. The molecule has 1 aromatic heterocycles. The molecular formula is C14H16FN3O. The third-order valence-corrected chi connectivity index (χ3v) is 3.75. The van der Waals surface area contributed by atoms with Crippen LogP contribution in [-0.2, 0) is 0 Å². The second-order valence-corrected chi connectivity index (χ2v) is 5.31. The van der Waals surface area contributed by atoms with E-state index in [0.29, 0.717) is 23.3 Å². The Morgan fingerprint density at radius 3 is 2.89 bits per heavy atom. The first-order valence-corrected chi connectivity index (χ1v) is 6.52. The molecule has 2 N–H and O–H groups in total. The molecule has 0 radical (unpaired) electrons. The summed E-state index contributed by atoms with van der Waals surface area (Å²) in [7, 11) is 0. The second kappa shape index (κ2) is 4.64. The zero-order valence-corrected chi connectivity index (χ0v) is 10.8. The Balaban J connectivity index is 1.86. The van der Waals surface area contributed by atoms with Crippen molar-refractivity contribution in [3.8, 4) is 11.5 Å². The van der Waals surface area contributed by atoms with Crippen molar-refractivity contribution in [3.05, 3.63) is 29.8 Å². The molecule has 1 aromatic carbocycles. The summed E-state index contributed by atoms with van der Waals surface area (Å²) in [6.45, 7) is 2.23. The van der Waals surface area contributed by atoms with Crippen molar-refractivity contribution in [2.45, 2.75) is 32.1 Å². The van der Waals surface area contributed by atoms with Gasteiger partial charge in [-0.15, -0.1) is 0 Å². The van der Waals surface area contributed by atoms with E-state index in [1.54, 1.807) is 6.07 Å². The summed E-state index contributed by atoms with van der Waals surface area (Å²) >= 11 is 0. The van der Waals surface area contributed by atoms with E-state index in [2.05, 4.69) is 17.1 Å². The van der Waals surface area contributed by atoms with Gasteiger partial charge in [-0.05, 0) is 43.4 Å². The van der Waals surface area contributed by atoms with Crippen LogP contribution in [0.3, 0.4) is 0 Å². The molecule has 0 spiro atoms. The molecule has 1 fully saturated rings. The Morgan fingerprint density at radius 2 is 2.21 bits per heavy atom. The fraction of sp³-hybridized carbons (Fsp3) is 0.429. The first kappa shape index (κ1) is 12.1. The third kappa shape index (κ3) is 2.32. The van der Waals surface area contributed by atoms with Crippen LogP contribution in [0.15, 0.2) is 22.7 Å². The van der Waals surface area contributed by atoms with Crippen LogP contribution >= 0.6 is 0 Å². The molecule has 3 rings (SSSR count). The number of nitrogens with two attached hydrogens (primary N) is 1. The number of halogens is 1. The largest absolute Gasteiger partial charge is 0.396 e. The van der Waals surface area contributed by atoms with E-state index in [-0.39, 0.29) is 5.69 Å². The SMILES string of the molecule is CC1CCC(c2noc(-c3ccc(N)c(F)c3)n2)C1. The minimum atomic E-state index is -0.466. The number of aromatic nitrogens is 2. The Bertz CT molecular complexity index is 596. The molecule has 0 aliphatic heterocycles. The van der Waals surface area contributed by atoms with E-state index in [0.717, 1.165) is 18.7 Å². The van der Waals surface area contributed by atoms with Gasteiger partial charge in [-0.2, -0.15) is 4.98 Å². The van der Waals surface area contributed by atoms with Crippen molar-refractivity contribution in [1.29, 1.82) is 0 Å². The molecule has 19 heavy (non-hydrogen) atoms. The number of anilines is 1. The van der Waals surface area contributed by atoms with Crippen LogP contribution in [0.5, 0.6) is 0 Å². The van der Waals surface area contributed by atoms with Gasteiger partial charge in [-0.3, -0.25) is 0 Å². The summed E-state index contributed by atoms with van der Waals surface area (Å²) < 4.78 is 18.6. The fourth-order valence-electron chi connectivity index (χ4n) is 2.62. The predicted octanol–water partition coefficient (Wildman–Crippen LogP) is 3.36. The van der Waals surface area contributed by atoms with E-state index in [1.807, 2.05) is 0 Å². The smallest absolute Gasteiger partial charge is 0.258 e. The van der Waals surface area contributed by atoms with Crippen LogP contribution in [0, 0.1) is 11.7 Å². The molecule has 2 atom stereocenters. The summed E-state index contributed by atoms with van der Waals surface area (Å²) in [5.41, 5.74) is 6.13. The zero-order valence-electron chi connectivity index (χ0n) is 10.8. The molecule has 100 valence electrons. The first-order valence-electron chi connectivity index (χ1n) is 6.52. The van der Waals surface area contributed by atoms with Crippen LogP contribution in [0.2, 0.25) is 0 Å². The molecule has 2 unspecified atom stereocenters. The summed E-state index contributed by atoms with van der Waals surface area (Å²) in [5.74, 6) is 1.70. The van der Waals surface area contributed by atoms with Gasteiger partial charge >= 0.3 is 0 Å². The van der Waals surface area contributed by atoms with E-state index < -0.39 is 5.82 Å². The summed E-state index contributed by atoms with van der Waals surface area (Å²) in [6.07, 6.45) is 3.39. The highest BCUT2D eigenvalue weighted by Crippen LogP contribution is 2.37. The maximum Gasteiger partial charge on any atom is 0.258 e. The molecule has 1 aliphatic carbocycles. The Labute approximate surface area is 110 Å².